The van der Waals surface area contributed by atoms with Crippen LogP contribution in [0.4, 0.5) is 0 Å². The average Bonchev–Trinajstić information content (AvgIpc) is 2.26. The van der Waals surface area contributed by atoms with E-state index in [1.165, 1.54) is 0 Å². The van der Waals surface area contributed by atoms with Crippen molar-refractivity contribution in [3.05, 3.63) is 22.2 Å². The van der Waals surface area contributed by atoms with E-state index in [1.807, 2.05) is 26.0 Å². The summed E-state index contributed by atoms with van der Waals surface area (Å²) in [6, 6.07) is 3.68. The van der Waals surface area contributed by atoms with Gasteiger partial charge in [-0.25, -0.2) is 0 Å². The van der Waals surface area contributed by atoms with Gasteiger partial charge in [0.25, 0.3) is 0 Å². The molecular weight excluding hydrogens is 300 g/mol. The first-order valence-electron chi connectivity index (χ1n) is 5.45. The second-order valence-corrected chi connectivity index (χ2v) is 5.50. The molecule has 0 atom stereocenters. The van der Waals surface area contributed by atoms with E-state index in [2.05, 4.69) is 15.9 Å². The Hall–Kier alpha value is -1.23. The topological polar surface area (TPSA) is 55.8 Å². The fourth-order valence-corrected chi connectivity index (χ4v) is 2.39. The zero-order valence-electron chi connectivity index (χ0n) is 10.9. The number of aliphatic carboxylic acids is 1. The van der Waals surface area contributed by atoms with Crippen molar-refractivity contribution >= 4 is 21.9 Å². The van der Waals surface area contributed by atoms with Crippen LogP contribution in [0.2, 0.25) is 0 Å². The summed E-state index contributed by atoms with van der Waals surface area (Å²) in [5.74, 6) is 0.360. The summed E-state index contributed by atoms with van der Waals surface area (Å²) in [4.78, 5) is 10.9. The van der Waals surface area contributed by atoms with E-state index in [0.717, 1.165) is 10.0 Å². The highest BCUT2D eigenvalue weighted by atomic mass is 79.9. The number of hydrogen-bond donors (Lipinski definition) is 1. The van der Waals surface area contributed by atoms with E-state index >= 15 is 0 Å². The highest BCUT2D eigenvalue weighted by Gasteiger charge is 2.26. The molecular formula is C13H17BrO4. The van der Waals surface area contributed by atoms with E-state index in [1.54, 1.807) is 14.2 Å². The molecule has 0 bridgehead atoms. The van der Waals surface area contributed by atoms with E-state index in [0.29, 0.717) is 11.5 Å². The Labute approximate surface area is 115 Å². The van der Waals surface area contributed by atoms with Gasteiger partial charge in [0.15, 0.2) is 11.5 Å². The SMILES string of the molecule is COc1cc(C(C)(C)CC(=O)O)cc(Br)c1OC. The third-order valence-corrected chi connectivity index (χ3v) is 3.40. The molecule has 0 amide bonds. The van der Waals surface area contributed by atoms with Crippen molar-refractivity contribution in [2.24, 2.45) is 0 Å². The van der Waals surface area contributed by atoms with Crippen molar-refractivity contribution in [2.75, 3.05) is 14.2 Å². The zero-order chi connectivity index (χ0) is 13.9. The average molecular weight is 317 g/mol. The highest BCUT2D eigenvalue weighted by Crippen LogP contribution is 2.40. The Morgan fingerprint density at radius 1 is 1.33 bits per heavy atom. The molecule has 0 fully saturated rings. The van der Waals surface area contributed by atoms with Gasteiger partial charge in [-0.05, 0) is 33.6 Å². The number of halogens is 1. The van der Waals surface area contributed by atoms with Crippen LogP contribution in [-0.4, -0.2) is 25.3 Å². The normalized spacial score (nSPS) is 11.2. The largest absolute Gasteiger partial charge is 0.493 e. The predicted octanol–water partition coefficient (Wildman–Crippen LogP) is 3.22. The molecule has 0 aliphatic rings. The molecule has 100 valence electrons. The zero-order valence-corrected chi connectivity index (χ0v) is 12.5. The van der Waals surface area contributed by atoms with E-state index < -0.39 is 11.4 Å². The van der Waals surface area contributed by atoms with Crippen LogP contribution in [0.3, 0.4) is 0 Å². The molecule has 0 heterocycles. The third-order valence-electron chi connectivity index (χ3n) is 2.81. The van der Waals surface area contributed by atoms with Gasteiger partial charge < -0.3 is 14.6 Å². The van der Waals surface area contributed by atoms with Crippen molar-refractivity contribution in [3.8, 4) is 11.5 Å². The highest BCUT2D eigenvalue weighted by molar-refractivity contribution is 9.10. The van der Waals surface area contributed by atoms with Crippen molar-refractivity contribution in [3.63, 3.8) is 0 Å². The fourth-order valence-electron chi connectivity index (χ4n) is 1.79. The Bertz CT molecular complexity index is 455. The quantitative estimate of drug-likeness (QED) is 0.906. The Morgan fingerprint density at radius 3 is 2.39 bits per heavy atom. The number of hydrogen-bond acceptors (Lipinski definition) is 3. The summed E-state index contributed by atoms with van der Waals surface area (Å²) in [7, 11) is 3.11. The first kappa shape index (κ1) is 14.8. The van der Waals surface area contributed by atoms with Crippen LogP contribution in [0, 0.1) is 0 Å². The van der Waals surface area contributed by atoms with Gasteiger partial charge in [0.1, 0.15) is 0 Å². The molecule has 0 spiro atoms. The molecule has 0 unspecified atom stereocenters. The minimum absolute atomic E-state index is 0.0505. The van der Waals surface area contributed by atoms with Crippen LogP contribution < -0.4 is 9.47 Å². The second-order valence-electron chi connectivity index (χ2n) is 4.65. The molecule has 0 saturated carbocycles. The molecule has 0 saturated heterocycles. The Kier molecular flexibility index (Phi) is 4.62. The molecule has 0 aliphatic heterocycles. The maximum atomic E-state index is 10.9. The van der Waals surface area contributed by atoms with Gasteiger partial charge in [0.05, 0.1) is 25.1 Å². The lowest BCUT2D eigenvalue weighted by molar-refractivity contribution is -0.138. The van der Waals surface area contributed by atoms with Gasteiger partial charge >= 0.3 is 5.97 Å². The summed E-state index contributed by atoms with van der Waals surface area (Å²) in [5.41, 5.74) is 0.405. The number of ether oxygens (including phenoxy) is 2. The van der Waals surface area contributed by atoms with Crippen LogP contribution in [0.5, 0.6) is 11.5 Å². The standard InChI is InChI=1S/C13H17BrO4/c1-13(2,7-11(15)16)8-5-9(14)12(18-4)10(6-8)17-3/h5-6H,7H2,1-4H3,(H,15,16). The summed E-state index contributed by atoms with van der Waals surface area (Å²) < 4.78 is 11.2. The smallest absolute Gasteiger partial charge is 0.304 e. The first-order valence-corrected chi connectivity index (χ1v) is 6.25. The lowest BCUT2D eigenvalue weighted by Gasteiger charge is -2.24. The number of carbonyl (C=O) groups is 1. The molecule has 1 rings (SSSR count). The van der Waals surface area contributed by atoms with Crippen molar-refractivity contribution < 1.29 is 19.4 Å². The Morgan fingerprint density at radius 2 is 1.94 bits per heavy atom. The molecule has 4 nitrogen and oxygen atoms in total. The Balaban J connectivity index is 3.26. The number of benzene rings is 1. The molecule has 0 aliphatic carbocycles. The summed E-state index contributed by atoms with van der Waals surface area (Å²) in [6.07, 6.45) is 0.0505. The maximum absolute atomic E-state index is 10.9. The van der Waals surface area contributed by atoms with Crippen LogP contribution in [0.15, 0.2) is 16.6 Å². The minimum Gasteiger partial charge on any atom is -0.493 e. The predicted molar refractivity (Wildman–Crippen MR) is 72.5 cm³/mol. The molecule has 18 heavy (non-hydrogen) atoms. The molecule has 1 aromatic rings. The van der Waals surface area contributed by atoms with Gasteiger partial charge in [-0.2, -0.15) is 0 Å². The van der Waals surface area contributed by atoms with Crippen LogP contribution in [0.25, 0.3) is 0 Å². The number of carboxylic acid groups (broad SMARTS) is 1. The van der Waals surface area contributed by atoms with Crippen LogP contribution >= 0.6 is 15.9 Å². The van der Waals surface area contributed by atoms with Crippen LogP contribution in [-0.2, 0) is 10.2 Å². The van der Waals surface area contributed by atoms with Gasteiger partial charge in [0.2, 0.25) is 0 Å². The number of rotatable bonds is 5. The summed E-state index contributed by atoms with van der Waals surface area (Å²) in [5, 5.41) is 8.94. The monoisotopic (exact) mass is 316 g/mol. The van der Waals surface area contributed by atoms with Crippen molar-refractivity contribution in [1.29, 1.82) is 0 Å². The number of methoxy groups -OCH3 is 2. The molecule has 0 aromatic heterocycles. The minimum atomic E-state index is -0.828. The van der Waals surface area contributed by atoms with Crippen molar-refractivity contribution in [1.82, 2.24) is 0 Å². The lowest BCUT2D eigenvalue weighted by Crippen LogP contribution is -2.21. The summed E-state index contributed by atoms with van der Waals surface area (Å²) in [6.45, 7) is 3.77. The first-order chi connectivity index (χ1) is 8.31. The van der Waals surface area contributed by atoms with Gasteiger partial charge in [0, 0.05) is 5.41 Å². The van der Waals surface area contributed by atoms with E-state index in [4.69, 9.17) is 14.6 Å². The second kappa shape index (κ2) is 5.61. The molecule has 5 heteroatoms. The lowest BCUT2D eigenvalue weighted by atomic mass is 9.81. The van der Waals surface area contributed by atoms with E-state index in [-0.39, 0.29) is 6.42 Å². The van der Waals surface area contributed by atoms with Gasteiger partial charge in [-0.3, -0.25) is 4.79 Å². The maximum Gasteiger partial charge on any atom is 0.304 e. The van der Waals surface area contributed by atoms with Gasteiger partial charge in [-0.15, -0.1) is 0 Å². The molecule has 1 N–H and O–H groups in total. The molecule has 1 aromatic carbocycles. The summed E-state index contributed by atoms with van der Waals surface area (Å²) >= 11 is 3.41. The van der Waals surface area contributed by atoms with Crippen molar-refractivity contribution in [2.45, 2.75) is 25.7 Å². The third kappa shape index (κ3) is 3.16. The molecule has 0 radical (unpaired) electrons. The number of carboxylic acids is 1. The van der Waals surface area contributed by atoms with Gasteiger partial charge in [-0.1, -0.05) is 13.8 Å². The fraction of sp³-hybridized carbons (Fsp3) is 0.462. The van der Waals surface area contributed by atoms with E-state index in [9.17, 15) is 4.79 Å². The van der Waals surface area contributed by atoms with Crippen LogP contribution in [0.1, 0.15) is 25.8 Å².